The highest BCUT2D eigenvalue weighted by molar-refractivity contribution is 6.35. The Bertz CT molecular complexity index is 1220. The Balaban J connectivity index is 1.65. The predicted molar refractivity (Wildman–Crippen MR) is 162 cm³/mol. The van der Waals surface area contributed by atoms with Gasteiger partial charge in [-0.1, -0.05) is 99.0 Å². The predicted octanol–water partition coefficient (Wildman–Crippen LogP) is 9.73. The SMILES string of the molecule is C=CCC(CC)C(C)CCCCCCNC(=O)c1nn(-c2ccc(Cl)cc2Cl)c(-c2ccc(Cl)cc2)c1C. The van der Waals surface area contributed by atoms with Gasteiger partial charge in [-0.2, -0.15) is 5.10 Å². The lowest BCUT2D eigenvalue weighted by Gasteiger charge is -2.21. The molecular weight excluding hydrogens is 537 g/mol. The Morgan fingerprint density at radius 2 is 1.74 bits per heavy atom. The molecule has 1 aromatic heterocycles. The van der Waals surface area contributed by atoms with Crippen LogP contribution in [0.5, 0.6) is 0 Å². The number of unbranched alkanes of at least 4 members (excludes halogenated alkanes) is 3. The number of rotatable bonds is 14. The molecule has 0 aliphatic carbocycles. The number of aromatic nitrogens is 2. The van der Waals surface area contributed by atoms with Crippen LogP contribution in [0.15, 0.2) is 55.1 Å². The minimum Gasteiger partial charge on any atom is -0.351 e. The summed E-state index contributed by atoms with van der Waals surface area (Å²) in [6.45, 7) is 11.0. The molecule has 204 valence electrons. The van der Waals surface area contributed by atoms with Gasteiger partial charge >= 0.3 is 0 Å². The number of benzene rings is 2. The average Bonchev–Trinajstić information content (AvgIpc) is 3.23. The molecule has 4 nitrogen and oxygen atoms in total. The van der Waals surface area contributed by atoms with Crippen molar-refractivity contribution in [2.45, 2.75) is 65.7 Å². The maximum absolute atomic E-state index is 13.2. The number of carbonyl (C=O) groups is 1. The van der Waals surface area contributed by atoms with Crippen molar-refractivity contribution >= 4 is 40.7 Å². The molecular formula is C31H38Cl3N3O. The van der Waals surface area contributed by atoms with Crippen LogP contribution in [0, 0.1) is 18.8 Å². The monoisotopic (exact) mass is 573 g/mol. The second-order valence-electron chi connectivity index (χ2n) is 9.97. The van der Waals surface area contributed by atoms with E-state index in [0.29, 0.717) is 33.0 Å². The van der Waals surface area contributed by atoms with Crippen molar-refractivity contribution in [1.29, 1.82) is 0 Å². The van der Waals surface area contributed by atoms with Crippen molar-refractivity contribution < 1.29 is 4.79 Å². The highest BCUT2D eigenvalue weighted by Crippen LogP contribution is 2.33. The van der Waals surface area contributed by atoms with E-state index in [-0.39, 0.29) is 5.91 Å². The van der Waals surface area contributed by atoms with Crippen molar-refractivity contribution in [2.75, 3.05) is 6.54 Å². The Hall–Kier alpha value is -2.27. The summed E-state index contributed by atoms with van der Waals surface area (Å²) in [6.07, 6.45) is 10.0. The van der Waals surface area contributed by atoms with Crippen molar-refractivity contribution in [3.8, 4) is 16.9 Å². The van der Waals surface area contributed by atoms with E-state index in [9.17, 15) is 4.79 Å². The van der Waals surface area contributed by atoms with Gasteiger partial charge < -0.3 is 5.32 Å². The van der Waals surface area contributed by atoms with Crippen LogP contribution in [-0.4, -0.2) is 22.2 Å². The van der Waals surface area contributed by atoms with E-state index >= 15 is 0 Å². The Morgan fingerprint density at radius 3 is 2.39 bits per heavy atom. The van der Waals surface area contributed by atoms with Gasteiger partial charge in [0.15, 0.2) is 5.69 Å². The lowest BCUT2D eigenvalue weighted by molar-refractivity contribution is 0.0947. The van der Waals surface area contributed by atoms with Gasteiger partial charge in [-0.3, -0.25) is 4.79 Å². The van der Waals surface area contributed by atoms with E-state index in [0.717, 1.165) is 47.9 Å². The number of amides is 1. The fraction of sp³-hybridized carbons (Fsp3) is 0.419. The van der Waals surface area contributed by atoms with Crippen LogP contribution in [-0.2, 0) is 0 Å². The van der Waals surface area contributed by atoms with Crippen LogP contribution in [0.4, 0.5) is 0 Å². The van der Waals surface area contributed by atoms with Gasteiger partial charge in [0.1, 0.15) is 0 Å². The van der Waals surface area contributed by atoms with Gasteiger partial charge in [-0.05, 0) is 61.9 Å². The summed E-state index contributed by atoms with van der Waals surface area (Å²) in [7, 11) is 0. The third-order valence-corrected chi connectivity index (χ3v) is 8.05. The molecule has 2 aromatic carbocycles. The molecule has 0 aliphatic heterocycles. The maximum Gasteiger partial charge on any atom is 0.272 e. The van der Waals surface area contributed by atoms with E-state index in [1.54, 1.807) is 22.9 Å². The molecule has 7 heteroatoms. The third kappa shape index (κ3) is 7.88. The summed E-state index contributed by atoms with van der Waals surface area (Å²) in [4.78, 5) is 13.2. The first-order valence-corrected chi connectivity index (χ1v) is 14.6. The lowest BCUT2D eigenvalue weighted by Crippen LogP contribution is -2.25. The van der Waals surface area contributed by atoms with Crippen LogP contribution in [0.3, 0.4) is 0 Å². The topological polar surface area (TPSA) is 46.9 Å². The van der Waals surface area contributed by atoms with Crippen LogP contribution in [0.1, 0.15) is 74.8 Å². The molecule has 3 aromatic rings. The zero-order valence-electron chi connectivity index (χ0n) is 22.6. The summed E-state index contributed by atoms with van der Waals surface area (Å²) in [5, 5.41) is 9.37. The standard InChI is InChI=1S/C31H38Cl3N3O/c1-5-11-23(6-2)21(3)12-9-7-8-10-19-35-31(38)29-22(4)30(24-13-15-25(32)16-14-24)37(36-29)28-18-17-26(33)20-27(28)34/h5,13-18,20-21,23H,1,6-12,19H2,2-4H3,(H,35,38). The second-order valence-corrected chi connectivity index (χ2v) is 11.2. The van der Waals surface area contributed by atoms with E-state index < -0.39 is 0 Å². The number of hydrogen-bond donors (Lipinski definition) is 1. The summed E-state index contributed by atoms with van der Waals surface area (Å²) in [6, 6.07) is 12.7. The van der Waals surface area contributed by atoms with E-state index in [1.807, 2.05) is 37.3 Å². The first-order chi connectivity index (χ1) is 18.3. The molecule has 2 atom stereocenters. The number of nitrogens with one attached hydrogen (secondary N) is 1. The maximum atomic E-state index is 13.2. The molecule has 38 heavy (non-hydrogen) atoms. The fourth-order valence-corrected chi connectivity index (χ4v) is 5.58. The van der Waals surface area contributed by atoms with E-state index in [2.05, 4.69) is 25.7 Å². The number of halogens is 3. The molecule has 0 saturated heterocycles. The summed E-state index contributed by atoms with van der Waals surface area (Å²) >= 11 is 18.8. The largest absolute Gasteiger partial charge is 0.351 e. The molecule has 0 radical (unpaired) electrons. The third-order valence-electron chi connectivity index (χ3n) is 7.26. The van der Waals surface area contributed by atoms with Gasteiger partial charge in [0.05, 0.1) is 16.4 Å². The van der Waals surface area contributed by atoms with Crippen LogP contribution in [0.25, 0.3) is 16.9 Å². The fourth-order valence-electron chi connectivity index (χ4n) is 4.97. The highest BCUT2D eigenvalue weighted by Gasteiger charge is 2.23. The zero-order chi connectivity index (χ0) is 27.7. The number of allylic oxidation sites excluding steroid dienone is 1. The number of carbonyl (C=O) groups excluding carboxylic acids is 1. The zero-order valence-corrected chi connectivity index (χ0v) is 24.8. The number of hydrogen-bond acceptors (Lipinski definition) is 2. The molecule has 1 amide bonds. The van der Waals surface area contributed by atoms with Crippen LogP contribution < -0.4 is 5.32 Å². The molecule has 0 fully saturated rings. The molecule has 0 saturated carbocycles. The highest BCUT2D eigenvalue weighted by atomic mass is 35.5. The summed E-state index contributed by atoms with van der Waals surface area (Å²) in [5.74, 6) is 1.26. The molecule has 1 heterocycles. The van der Waals surface area contributed by atoms with Gasteiger partial charge in [0.2, 0.25) is 0 Å². The van der Waals surface area contributed by atoms with Gasteiger partial charge in [-0.25, -0.2) is 4.68 Å². The first-order valence-electron chi connectivity index (χ1n) is 13.5. The first kappa shape index (κ1) is 30.3. The van der Waals surface area contributed by atoms with Crippen molar-refractivity contribution in [1.82, 2.24) is 15.1 Å². The van der Waals surface area contributed by atoms with E-state index in [4.69, 9.17) is 39.9 Å². The van der Waals surface area contributed by atoms with Crippen LogP contribution >= 0.6 is 34.8 Å². The van der Waals surface area contributed by atoms with Gasteiger partial charge in [0, 0.05) is 27.7 Å². The molecule has 0 bridgehead atoms. The molecule has 1 N–H and O–H groups in total. The van der Waals surface area contributed by atoms with E-state index in [1.165, 1.54) is 25.7 Å². The summed E-state index contributed by atoms with van der Waals surface area (Å²) < 4.78 is 1.71. The van der Waals surface area contributed by atoms with Crippen molar-refractivity contribution in [2.24, 2.45) is 11.8 Å². The molecule has 3 rings (SSSR count). The minimum absolute atomic E-state index is 0.189. The normalized spacial score (nSPS) is 12.8. The van der Waals surface area contributed by atoms with Gasteiger partial charge in [-0.15, -0.1) is 6.58 Å². The van der Waals surface area contributed by atoms with Gasteiger partial charge in [0.25, 0.3) is 5.91 Å². The summed E-state index contributed by atoms with van der Waals surface area (Å²) in [5.41, 5.74) is 3.47. The van der Waals surface area contributed by atoms with Crippen LogP contribution in [0.2, 0.25) is 15.1 Å². The molecule has 0 aliphatic rings. The smallest absolute Gasteiger partial charge is 0.272 e. The lowest BCUT2D eigenvalue weighted by atomic mass is 9.85. The molecule has 0 spiro atoms. The van der Waals surface area contributed by atoms with Crippen molar-refractivity contribution in [3.63, 3.8) is 0 Å². The Kier molecular flexibility index (Phi) is 11.8. The Labute approximate surface area is 242 Å². The van der Waals surface area contributed by atoms with Crippen molar-refractivity contribution in [3.05, 3.63) is 81.4 Å². The molecule has 2 unspecified atom stereocenters. The average molecular weight is 575 g/mol. The quantitative estimate of drug-likeness (QED) is 0.154. The number of nitrogens with zero attached hydrogens (tertiary/aromatic N) is 2. The second kappa shape index (κ2) is 14.8. The Morgan fingerprint density at radius 1 is 1.05 bits per heavy atom. The minimum atomic E-state index is -0.189.